The zero-order valence-corrected chi connectivity index (χ0v) is 19.0. The van der Waals surface area contributed by atoms with Crippen LogP contribution in [-0.4, -0.2) is 51.4 Å². The highest BCUT2D eigenvalue weighted by molar-refractivity contribution is 7.98. The average molecular weight is 458 g/mol. The third kappa shape index (κ3) is 4.49. The summed E-state index contributed by atoms with van der Waals surface area (Å²) >= 11 is 2.73. The summed E-state index contributed by atoms with van der Waals surface area (Å²) in [6.45, 7) is 5.54. The van der Waals surface area contributed by atoms with Gasteiger partial charge in [0.25, 0.3) is 5.91 Å². The van der Waals surface area contributed by atoms with Gasteiger partial charge in [0, 0.05) is 19.3 Å². The third-order valence-corrected chi connectivity index (χ3v) is 7.16. The number of hydrogen-bond acceptors (Lipinski definition) is 9. The number of pyridine rings is 1. The molecule has 0 aliphatic carbocycles. The van der Waals surface area contributed by atoms with Crippen molar-refractivity contribution in [1.29, 1.82) is 0 Å². The normalized spacial score (nSPS) is 13.7. The molecule has 31 heavy (non-hydrogen) atoms. The highest BCUT2D eigenvalue weighted by Crippen LogP contribution is 2.34. The number of likely N-dealkylation sites (tertiary alicyclic amines) is 1. The minimum atomic E-state index is -0.369. The van der Waals surface area contributed by atoms with Crippen LogP contribution in [0.1, 0.15) is 51.2 Å². The van der Waals surface area contributed by atoms with Crippen LogP contribution in [0.5, 0.6) is 0 Å². The number of anilines is 1. The van der Waals surface area contributed by atoms with Gasteiger partial charge in [0.15, 0.2) is 0 Å². The topological polar surface area (TPSA) is 111 Å². The number of nitrogens with two attached hydrogens (primary N) is 1. The Bertz CT molecular complexity index is 1120. The Morgan fingerprint density at radius 1 is 1.26 bits per heavy atom. The summed E-state index contributed by atoms with van der Waals surface area (Å²) < 4.78 is 5.12. The van der Waals surface area contributed by atoms with Crippen LogP contribution in [0.25, 0.3) is 10.2 Å². The number of hydrogen-bond donors (Lipinski definition) is 1. The van der Waals surface area contributed by atoms with E-state index in [4.69, 9.17) is 10.5 Å². The SMILES string of the molecule is CCOC(=O)c1sc2nc(CSc3ccc(C(=O)N4CCCC4)cn3)nc(N)c2c1C. The zero-order chi connectivity index (χ0) is 22.0. The molecule has 3 aromatic heterocycles. The standard InChI is InChI=1S/C21H23N5O3S2/c1-3-29-21(28)17-12(2)16-18(22)24-14(25-19(16)31-17)11-30-15-7-6-13(10-23-15)20(27)26-8-4-5-9-26/h6-7,10H,3-5,8-9,11H2,1-2H3,(H2,22,24,25). The van der Waals surface area contributed by atoms with Crippen molar-refractivity contribution in [2.45, 2.75) is 37.5 Å². The van der Waals surface area contributed by atoms with E-state index in [1.165, 1.54) is 23.1 Å². The van der Waals surface area contributed by atoms with Crippen LogP contribution in [0.15, 0.2) is 23.4 Å². The molecule has 2 N–H and O–H groups in total. The van der Waals surface area contributed by atoms with Gasteiger partial charge < -0.3 is 15.4 Å². The fraction of sp³-hybridized carbons (Fsp3) is 0.381. The summed E-state index contributed by atoms with van der Waals surface area (Å²) in [7, 11) is 0. The number of aryl methyl sites for hydroxylation is 1. The Morgan fingerprint density at radius 3 is 2.71 bits per heavy atom. The van der Waals surface area contributed by atoms with Crippen LogP contribution in [-0.2, 0) is 10.5 Å². The number of amides is 1. The predicted molar refractivity (Wildman–Crippen MR) is 121 cm³/mol. The van der Waals surface area contributed by atoms with Crippen LogP contribution in [0.3, 0.4) is 0 Å². The first-order valence-electron chi connectivity index (χ1n) is 10.1. The van der Waals surface area contributed by atoms with Gasteiger partial charge in [-0.2, -0.15) is 0 Å². The lowest BCUT2D eigenvalue weighted by molar-refractivity contribution is 0.0531. The van der Waals surface area contributed by atoms with Gasteiger partial charge in [-0.1, -0.05) is 11.8 Å². The van der Waals surface area contributed by atoms with Crippen molar-refractivity contribution in [2.24, 2.45) is 0 Å². The molecular weight excluding hydrogens is 434 g/mol. The molecule has 0 aromatic carbocycles. The van der Waals surface area contributed by atoms with Crippen molar-refractivity contribution >= 4 is 51.0 Å². The number of nitrogen functional groups attached to an aromatic ring is 1. The number of aromatic nitrogens is 3. The first-order valence-corrected chi connectivity index (χ1v) is 11.9. The van der Waals surface area contributed by atoms with Gasteiger partial charge in [0.05, 0.1) is 28.3 Å². The van der Waals surface area contributed by atoms with Crippen LogP contribution in [0.2, 0.25) is 0 Å². The Kier molecular flexibility index (Phi) is 6.38. The lowest BCUT2D eigenvalue weighted by atomic mass is 10.2. The highest BCUT2D eigenvalue weighted by atomic mass is 32.2. The van der Waals surface area contributed by atoms with Crippen molar-refractivity contribution < 1.29 is 14.3 Å². The molecule has 10 heteroatoms. The monoisotopic (exact) mass is 457 g/mol. The molecule has 1 amide bonds. The second-order valence-electron chi connectivity index (χ2n) is 7.15. The molecule has 8 nitrogen and oxygen atoms in total. The smallest absolute Gasteiger partial charge is 0.348 e. The van der Waals surface area contributed by atoms with Crippen molar-refractivity contribution in [2.75, 3.05) is 25.4 Å². The van der Waals surface area contributed by atoms with Crippen molar-refractivity contribution in [3.63, 3.8) is 0 Å². The minimum absolute atomic E-state index is 0.0357. The predicted octanol–water partition coefficient (Wildman–Crippen LogP) is 3.68. The largest absolute Gasteiger partial charge is 0.462 e. The van der Waals surface area contributed by atoms with E-state index in [2.05, 4.69) is 15.0 Å². The summed E-state index contributed by atoms with van der Waals surface area (Å²) in [6.07, 6.45) is 3.74. The van der Waals surface area contributed by atoms with Gasteiger partial charge in [-0.15, -0.1) is 11.3 Å². The number of nitrogens with zero attached hydrogens (tertiary/aromatic N) is 4. The van der Waals surface area contributed by atoms with Crippen LogP contribution < -0.4 is 5.73 Å². The van der Waals surface area contributed by atoms with Gasteiger partial charge in [0.1, 0.15) is 21.3 Å². The number of fused-ring (bicyclic) bond motifs is 1. The van der Waals surface area contributed by atoms with Crippen molar-refractivity contribution in [3.05, 3.63) is 40.2 Å². The van der Waals surface area contributed by atoms with Gasteiger partial charge in [-0.05, 0) is 44.4 Å². The van der Waals surface area contributed by atoms with Crippen LogP contribution in [0.4, 0.5) is 5.82 Å². The molecule has 0 radical (unpaired) electrons. The summed E-state index contributed by atoms with van der Waals surface area (Å²) in [4.78, 5) is 41.0. The van der Waals surface area contributed by atoms with Gasteiger partial charge in [-0.25, -0.2) is 19.7 Å². The van der Waals surface area contributed by atoms with Gasteiger partial charge in [0.2, 0.25) is 0 Å². The van der Waals surface area contributed by atoms with Gasteiger partial charge in [-0.3, -0.25) is 4.79 Å². The Hall–Kier alpha value is -2.72. The number of thiophene rings is 1. The summed E-state index contributed by atoms with van der Waals surface area (Å²) in [5, 5.41) is 1.47. The Morgan fingerprint density at radius 2 is 2.03 bits per heavy atom. The van der Waals surface area contributed by atoms with E-state index in [0.717, 1.165) is 36.5 Å². The molecular formula is C21H23N5O3S2. The second kappa shape index (κ2) is 9.19. The average Bonchev–Trinajstić information content (AvgIpc) is 3.41. The first-order chi connectivity index (χ1) is 15.0. The molecule has 1 aliphatic heterocycles. The number of ether oxygens (including phenoxy) is 1. The zero-order valence-electron chi connectivity index (χ0n) is 17.4. The number of carbonyl (C=O) groups is 2. The van der Waals surface area contributed by atoms with Crippen molar-refractivity contribution in [3.8, 4) is 0 Å². The summed E-state index contributed by atoms with van der Waals surface area (Å²) in [5.41, 5.74) is 7.51. The Balaban J connectivity index is 1.47. The molecule has 4 heterocycles. The molecule has 4 rings (SSSR count). The van der Waals surface area contributed by atoms with E-state index in [1.54, 1.807) is 13.1 Å². The minimum Gasteiger partial charge on any atom is -0.462 e. The van der Waals surface area contributed by atoms with Crippen LogP contribution >= 0.6 is 23.1 Å². The number of carbonyl (C=O) groups excluding carboxylic acids is 2. The molecule has 162 valence electrons. The Labute approximate surface area is 188 Å². The molecule has 1 fully saturated rings. The van der Waals surface area contributed by atoms with E-state index >= 15 is 0 Å². The molecule has 0 atom stereocenters. The lowest BCUT2D eigenvalue weighted by Crippen LogP contribution is -2.27. The molecule has 1 aliphatic rings. The third-order valence-electron chi connectivity index (χ3n) is 5.05. The second-order valence-corrected chi connectivity index (χ2v) is 9.15. The summed E-state index contributed by atoms with van der Waals surface area (Å²) in [5.74, 6) is 1.05. The highest BCUT2D eigenvalue weighted by Gasteiger charge is 2.21. The fourth-order valence-electron chi connectivity index (χ4n) is 3.51. The maximum absolute atomic E-state index is 12.4. The van der Waals surface area contributed by atoms with Gasteiger partial charge >= 0.3 is 5.97 Å². The first kappa shape index (κ1) is 21.5. The number of esters is 1. The van der Waals surface area contributed by atoms with E-state index in [9.17, 15) is 9.59 Å². The molecule has 0 bridgehead atoms. The maximum atomic E-state index is 12.4. The molecule has 0 saturated carbocycles. The number of thioether (sulfide) groups is 1. The quantitative estimate of drug-likeness (QED) is 0.441. The molecule has 3 aromatic rings. The number of rotatable bonds is 6. The maximum Gasteiger partial charge on any atom is 0.348 e. The molecule has 0 unspecified atom stereocenters. The summed E-state index contributed by atoms with van der Waals surface area (Å²) in [6, 6.07) is 3.65. The lowest BCUT2D eigenvalue weighted by Gasteiger charge is -2.14. The van der Waals surface area contributed by atoms with Crippen LogP contribution in [0, 0.1) is 6.92 Å². The molecule has 1 saturated heterocycles. The van der Waals surface area contributed by atoms with E-state index in [0.29, 0.717) is 44.7 Å². The van der Waals surface area contributed by atoms with E-state index in [-0.39, 0.29) is 11.9 Å². The fourth-order valence-corrected chi connectivity index (χ4v) is 5.30. The van der Waals surface area contributed by atoms with Crippen molar-refractivity contribution in [1.82, 2.24) is 19.9 Å². The molecule has 0 spiro atoms. The van der Waals surface area contributed by atoms with E-state index < -0.39 is 0 Å². The van der Waals surface area contributed by atoms with E-state index in [1.807, 2.05) is 24.0 Å².